The van der Waals surface area contributed by atoms with Gasteiger partial charge in [-0.05, 0) is 39.3 Å². The van der Waals surface area contributed by atoms with Gasteiger partial charge in [0.2, 0.25) is 0 Å². The number of hydrogen-bond donors (Lipinski definition) is 2. The molecule has 2 amide bonds. The molecule has 1 aromatic carbocycles. The van der Waals surface area contributed by atoms with E-state index < -0.39 is 0 Å². The van der Waals surface area contributed by atoms with Crippen LogP contribution in [0.5, 0.6) is 5.75 Å². The van der Waals surface area contributed by atoms with Gasteiger partial charge in [0.25, 0.3) is 0 Å². The molecule has 108 valence electrons. The Hall–Kier alpha value is -2.15. The number of carbonyl (C=O) groups excluding carboxylic acids is 1. The monoisotopic (exact) mass is 274 g/mol. The molecular formula is C16H22N2O2. The third-order valence-electron chi connectivity index (χ3n) is 2.34. The number of para-hydroxylation sites is 1. The summed E-state index contributed by atoms with van der Waals surface area (Å²) in [4.78, 5) is 11.4. The van der Waals surface area contributed by atoms with E-state index in [0.717, 1.165) is 11.3 Å². The molecule has 0 spiro atoms. The SMILES string of the molecule is Cc1ccccc1OCC#CCNC(=O)NC(C)(C)C. The van der Waals surface area contributed by atoms with Crippen LogP contribution in [0, 0.1) is 18.8 Å². The molecule has 0 aliphatic rings. The fourth-order valence-corrected chi connectivity index (χ4v) is 1.45. The second-order valence-corrected chi connectivity index (χ2v) is 5.47. The lowest BCUT2D eigenvalue weighted by atomic mass is 10.1. The predicted molar refractivity (Wildman–Crippen MR) is 80.7 cm³/mol. The number of aryl methyl sites for hydroxylation is 1. The Bertz CT molecular complexity index is 507. The van der Waals surface area contributed by atoms with Gasteiger partial charge in [0, 0.05) is 5.54 Å². The minimum absolute atomic E-state index is 0.216. The number of hydrogen-bond acceptors (Lipinski definition) is 2. The highest BCUT2D eigenvalue weighted by Crippen LogP contribution is 2.15. The Labute approximate surface area is 120 Å². The summed E-state index contributed by atoms with van der Waals surface area (Å²) >= 11 is 0. The second-order valence-electron chi connectivity index (χ2n) is 5.47. The van der Waals surface area contributed by atoms with Crippen molar-refractivity contribution in [2.45, 2.75) is 33.2 Å². The average molecular weight is 274 g/mol. The summed E-state index contributed by atoms with van der Waals surface area (Å²) in [6.07, 6.45) is 0. The van der Waals surface area contributed by atoms with Crippen LogP contribution in [0.1, 0.15) is 26.3 Å². The summed E-state index contributed by atoms with van der Waals surface area (Å²) in [5.74, 6) is 6.54. The number of carbonyl (C=O) groups is 1. The number of amides is 2. The van der Waals surface area contributed by atoms with Gasteiger partial charge in [0.1, 0.15) is 12.4 Å². The van der Waals surface area contributed by atoms with Crippen LogP contribution >= 0.6 is 0 Å². The Balaban J connectivity index is 2.24. The van der Waals surface area contributed by atoms with Crippen molar-refractivity contribution in [2.24, 2.45) is 0 Å². The van der Waals surface area contributed by atoms with Crippen LogP contribution in [0.3, 0.4) is 0 Å². The van der Waals surface area contributed by atoms with Crippen molar-refractivity contribution in [1.29, 1.82) is 0 Å². The molecule has 0 radical (unpaired) electrons. The molecule has 4 heteroatoms. The van der Waals surface area contributed by atoms with Gasteiger partial charge in [0.15, 0.2) is 0 Å². The van der Waals surface area contributed by atoms with Crippen molar-refractivity contribution in [3.63, 3.8) is 0 Å². The third-order valence-corrected chi connectivity index (χ3v) is 2.34. The van der Waals surface area contributed by atoms with Gasteiger partial charge in [0.05, 0.1) is 6.54 Å². The van der Waals surface area contributed by atoms with Crippen molar-refractivity contribution in [3.05, 3.63) is 29.8 Å². The van der Waals surface area contributed by atoms with Crippen molar-refractivity contribution in [3.8, 4) is 17.6 Å². The number of nitrogens with one attached hydrogen (secondary N) is 2. The average Bonchev–Trinajstić information content (AvgIpc) is 2.33. The summed E-state index contributed by atoms with van der Waals surface area (Å²) in [6.45, 7) is 8.38. The molecule has 0 bridgehead atoms. The summed E-state index contributed by atoms with van der Waals surface area (Å²) in [5.41, 5.74) is 0.836. The number of ether oxygens (including phenoxy) is 1. The summed E-state index contributed by atoms with van der Waals surface area (Å²) in [5, 5.41) is 5.46. The molecule has 0 aromatic heterocycles. The fraction of sp³-hybridized carbons (Fsp3) is 0.438. The van der Waals surface area contributed by atoms with Crippen molar-refractivity contribution in [1.82, 2.24) is 10.6 Å². The van der Waals surface area contributed by atoms with Crippen LogP contribution in [0.4, 0.5) is 4.79 Å². The predicted octanol–water partition coefficient (Wildman–Crippen LogP) is 2.47. The maximum absolute atomic E-state index is 11.4. The highest BCUT2D eigenvalue weighted by atomic mass is 16.5. The highest BCUT2D eigenvalue weighted by Gasteiger charge is 2.12. The molecule has 0 fully saturated rings. The molecule has 2 N–H and O–H groups in total. The summed E-state index contributed by atoms with van der Waals surface area (Å²) in [6, 6.07) is 7.57. The standard InChI is InChI=1S/C16H22N2O2/c1-13-9-5-6-10-14(13)20-12-8-7-11-17-15(19)18-16(2,3)4/h5-6,9-10H,11-12H2,1-4H3,(H2,17,18,19). The highest BCUT2D eigenvalue weighted by molar-refractivity contribution is 5.74. The van der Waals surface area contributed by atoms with Crippen LogP contribution in [-0.2, 0) is 0 Å². The van der Waals surface area contributed by atoms with E-state index in [9.17, 15) is 4.79 Å². The molecule has 1 aromatic rings. The first-order valence-electron chi connectivity index (χ1n) is 6.58. The second kappa shape index (κ2) is 7.44. The zero-order chi connectivity index (χ0) is 15.0. The van der Waals surface area contributed by atoms with Crippen LogP contribution in [-0.4, -0.2) is 24.7 Å². The minimum Gasteiger partial charge on any atom is -0.481 e. The first-order chi connectivity index (χ1) is 9.38. The molecule has 1 rings (SSSR count). The van der Waals surface area contributed by atoms with Gasteiger partial charge in [-0.2, -0.15) is 0 Å². The Morgan fingerprint density at radius 1 is 1.25 bits per heavy atom. The topological polar surface area (TPSA) is 50.4 Å². The smallest absolute Gasteiger partial charge is 0.315 e. The van der Waals surface area contributed by atoms with Gasteiger partial charge >= 0.3 is 6.03 Å². The van der Waals surface area contributed by atoms with Gasteiger partial charge in [-0.25, -0.2) is 4.79 Å². The Morgan fingerprint density at radius 3 is 2.60 bits per heavy atom. The van der Waals surface area contributed by atoms with E-state index in [1.165, 1.54) is 0 Å². The lowest BCUT2D eigenvalue weighted by Crippen LogP contribution is -2.46. The van der Waals surface area contributed by atoms with Crippen molar-refractivity contribution < 1.29 is 9.53 Å². The normalized spacial score (nSPS) is 10.2. The molecule has 0 atom stereocenters. The molecule has 0 saturated carbocycles. The minimum atomic E-state index is -0.245. The Kier molecular flexibility index (Phi) is 5.92. The molecule has 20 heavy (non-hydrogen) atoms. The maximum Gasteiger partial charge on any atom is 0.315 e. The Morgan fingerprint density at radius 2 is 1.95 bits per heavy atom. The van der Waals surface area contributed by atoms with E-state index in [4.69, 9.17) is 4.74 Å². The largest absolute Gasteiger partial charge is 0.481 e. The molecular weight excluding hydrogens is 252 g/mol. The lowest BCUT2D eigenvalue weighted by molar-refractivity contribution is 0.233. The van der Waals surface area contributed by atoms with Gasteiger partial charge in [-0.3, -0.25) is 0 Å². The van der Waals surface area contributed by atoms with E-state index in [0.29, 0.717) is 13.2 Å². The van der Waals surface area contributed by atoms with Crippen molar-refractivity contribution >= 4 is 6.03 Å². The van der Waals surface area contributed by atoms with Gasteiger partial charge in [-0.1, -0.05) is 30.0 Å². The molecule has 0 saturated heterocycles. The van der Waals surface area contributed by atoms with Crippen molar-refractivity contribution in [2.75, 3.05) is 13.2 Å². The first kappa shape index (κ1) is 15.9. The fourth-order valence-electron chi connectivity index (χ4n) is 1.45. The molecule has 0 heterocycles. The molecule has 0 aliphatic carbocycles. The number of benzene rings is 1. The van der Waals surface area contributed by atoms with Crippen LogP contribution in [0.25, 0.3) is 0 Å². The van der Waals surface area contributed by atoms with E-state index in [2.05, 4.69) is 22.5 Å². The number of rotatable bonds is 3. The van der Waals surface area contributed by atoms with Crippen LogP contribution < -0.4 is 15.4 Å². The third kappa shape index (κ3) is 6.69. The van der Waals surface area contributed by atoms with Gasteiger partial charge < -0.3 is 15.4 Å². The number of urea groups is 1. The van der Waals surface area contributed by atoms with E-state index in [1.807, 2.05) is 52.0 Å². The maximum atomic E-state index is 11.4. The van der Waals surface area contributed by atoms with Gasteiger partial charge in [-0.15, -0.1) is 0 Å². The quantitative estimate of drug-likeness (QED) is 0.832. The first-order valence-corrected chi connectivity index (χ1v) is 6.58. The zero-order valence-corrected chi connectivity index (χ0v) is 12.5. The molecule has 0 unspecified atom stereocenters. The molecule has 0 aliphatic heterocycles. The van der Waals surface area contributed by atoms with E-state index in [1.54, 1.807) is 0 Å². The van der Waals surface area contributed by atoms with Crippen LogP contribution in [0.2, 0.25) is 0 Å². The molecule has 4 nitrogen and oxygen atoms in total. The summed E-state index contributed by atoms with van der Waals surface area (Å²) in [7, 11) is 0. The van der Waals surface area contributed by atoms with E-state index in [-0.39, 0.29) is 11.6 Å². The van der Waals surface area contributed by atoms with Crippen LogP contribution in [0.15, 0.2) is 24.3 Å². The van der Waals surface area contributed by atoms with E-state index >= 15 is 0 Å². The lowest BCUT2D eigenvalue weighted by Gasteiger charge is -2.20. The zero-order valence-electron chi connectivity index (χ0n) is 12.5. The summed E-state index contributed by atoms with van der Waals surface area (Å²) < 4.78 is 5.52.